The van der Waals surface area contributed by atoms with Gasteiger partial charge >= 0.3 is 11.7 Å². The van der Waals surface area contributed by atoms with E-state index in [4.69, 9.17) is 0 Å². The lowest BCUT2D eigenvalue weighted by molar-refractivity contribution is -0.145. The Kier molecular flexibility index (Phi) is 6.47. The highest BCUT2D eigenvalue weighted by molar-refractivity contribution is 7.99. The zero-order chi connectivity index (χ0) is 16.0. The molecular formula is C13H24N4O3S. The second-order valence-electron chi connectivity index (χ2n) is 5.36. The average molecular weight is 316 g/mol. The van der Waals surface area contributed by atoms with Crippen molar-refractivity contribution in [1.82, 2.24) is 20.1 Å². The summed E-state index contributed by atoms with van der Waals surface area (Å²) in [5.41, 5.74) is -1.13. The monoisotopic (exact) mass is 316 g/mol. The first-order chi connectivity index (χ1) is 9.82. The molecule has 1 atom stereocenters. The summed E-state index contributed by atoms with van der Waals surface area (Å²) in [5.74, 6) is -0.0942. The lowest BCUT2D eigenvalue weighted by Crippen LogP contribution is -2.54. The van der Waals surface area contributed by atoms with Crippen molar-refractivity contribution in [3.8, 4) is 0 Å². The van der Waals surface area contributed by atoms with Gasteiger partial charge in [0.2, 0.25) is 0 Å². The molecule has 0 aliphatic heterocycles. The number of hydrogen-bond donors (Lipinski definition) is 3. The van der Waals surface area contributed by atoms with Gasteiger partial charge in [-0.1, -0.05) is 18.7 Å². The molecule has 1 aromatic rings. The normalized spacial score (nSPS) is 14.3. The van der Waals surface area contributed by atoms with Crippen molar-refractivity contribution in [1.29, 1.82) is 0 Å². The van der Waals surface area contributed by atoms with Crippen molar-refractivity contribution >= 4 is 17.7 Å². The van der Waals surface area contributed by atoms with Crippen LogP contribution in [0.3, 0.4) is 0 Å². The van der Waals surface area contributed by atoms with Crippen LogP contribution in [0.2, 0.25) is 0 Å². The van der Waals surface area contributed by atoms with Crippen LogP contribution in [-0.4, -0.2) is 43.2 Å². The van der Waals surface area contributed by atoms with Crippen molar-refractivity contribution in [3.63, 3.8) is 0 Å². The molecule has 7 nitrogen and oxygen atoms in total. The summed E-state index contributed by atoms with van der Waals surface area (Å²) < 4.78 is 1.45. The van der Waals surface area contributed by atoms with E-state index in [-0.39, 0.29) is 11.7 Å². The van der Waals surface area contributed by atoms with E-state index in [0.717, 1.165) is 6.42 Å². The molecule has 0 spiro atoms. The topological polar surface area (TPSA) is 100 Å². The highest BCUT2D eigenvalue weighted by Gasteiger charge is 2.36. The summed E-state index contributed by atoms with van der Waals surface area (Å²) in [7, 11) is 1.65. The van der Waals surface area contributed by atoms with Crippen LogP contribution >= 0.6 is 11.8 Å². The number of aromatic nitrogens is 3. The highest BCUT2D eigenvalue weighted by Crippen LogP contribution is 2.22. The summed E-state index contributed by atoms with van der Waals surface area (Å²) in [6.45, 7) is 5.78. The van der Waals surface area contributed by atoms with Gasteiger partial charge in [0.15, 0.2) is 5.16 Å². The molecule has 1 aromatic heterocycles. The Labute approximate surface area is 128 Å². The van der Waals surface area contributed by atoms with Crippen LogP contribution in [0, 0.1) is 0 Å². The number of nitrogens with one attached hydrogen (secondary N) is 2. The van der Waals surface area contributed by atoms with Crippen molar-refractivity contribution in [3.05, 3.63) is 10.5 Å². The minimum Gasteiger partial charge on any atom is -0.480 e. The van der Waals surface area contributed by atoms with E-state index < -0.39 is 11.5 Å². The Bertz CT molecular complexity index is 526. The largest absolute Gasteiger partial charge is 0.480 e. The van der Waals surface area contributed by atoms with Crippen LogP contribution in [0.25, 0.3) is 0 Å². The van der Waals surface area contributed by atoms with E-state index >= 15 is 0 Å². The van der Waals surface area contributed by atoms with Crippen LogP contribution in [0.1, 0.15) is 40.0 Å². The zero-order valence-electron chi connectivity index (χ0n) is 13.0. The second-order valence-corrected chi connectivity index (χ2v) is 6.42. The first-order valence-corrected chi connectivity index (χ1v) is 8.06. The van der Waals surface area contributed by atoms with Crippen molar-refractivity contribution in [2.24, 2.45) is 7.05 Å². The molecule has 8 heteroatoms. The van der Waals surface area contributed by atoms with Gasteiger partial charge in [-0.3, -0.25) is 14.7 Å². The van der Waals surface area contributed by atoms with Crippen LogP contribution < -0.4 is 11.0 Å². The van der Waals surface area contributed by atoms with Gasteiger partial charge in [-0.05, 0) is 33.1 Å². The molecule has 0 aromatic carbocycles. The third-order valence-electron chi connectivity index (χ3n) is 3.40. The number of carboxylic acids is 1. The SMILES string of the molecule is CCC(CCCSc1n[nH]c(=O)n1C)(NC(C)C)C(=O)O. The van der Waals surface area contributed by atoms with Gasteiger partial charge in [0, 0.05) is 18.8 Å². The van der Waals surface area contributed by atoms with E-state index in [1.807, 2.05) is 20.8 Å². The van der Waals surface area contributed by atoms with Crippen molar-refractivity contribution in [2.45, 2.75) is 56.8 Å². The molecule has 0 saturated carbocycles. The first kappa shape index (κ1) is 17.8. The maximum absolute atomic E-state index is 11.6. The number of aliphatic carboxylic acids is 1. The lowest BCUT2D eigenvalue weighted by atomic mass is 9.90. The number of thioether (sulfide) groups is 1. The van der Waals surface area contributed by atoms with Gasteiger partial charge in [0.05, 0.1) is 0 Å². The number of hydrogen-bond acceptors (Lipinski definition) is 5. The molecular weight excluding hydrogens is 292 g/mol. The summed E-state index contributed by atoms with van der Waals surface area (Å²) in [6, 6.07) is 0.112. The highest BCUT2D eigenvalue weighted by atomic mass is 32.2. The van der Waals surface area contributed by atoms with Gasteiger partial charge in [-0.15, -0.1) is 5.10 Å². The molecule has 1 heterocycles. The fourth-order valence-electron chi connectivity index (χ4n) is 2.22. The lowest BCUT2D eigenvalue weighted by Gasteiger charge is -2.31. The predicted molar refractivity (Wildman–Crippen MR) is 82.7 cm³/mol. The van der Waals surface area contributed by atoms with E-state index in [0.29, 0.717) is 23.8 Å². The molecule has 0 fully saturated rings. The van der Waals surface area contributed by atoms with Gasteiger partial charge in [-0.25, -0.2) is 9.89 Å². The Morgan fingerprint density at radius 2 is 2.24 bits per heavy atom. The third kappa shape index (κ3) is 4.60. The van der Waals surface area contributed by atoms with Crippen LogP contribution in [0.4, 0.5) is 0 Å². The summed E-state index contributed by atoms with van der Waals surface area (Å²) >= 11 is 1.45. The Balaban J connectivity index is 2.56. The predicted octanol–water partition coefficient (Wildman–Crippen LogP) is 1.21. The number of nitrogens with zero attached hydrogens (tertiary/aromatic N) is 2. The van der Waals surface area contributed by atoms with E-state index in [2.05, 4.69) is 15.5 Å². The standard InChI is InChI=1S/C13H24N4O3S/c1-5-13(10(18)19,14-9(2)3)7-6-8-21-12-16-15-11(20)17(12)4/h9,14H,5-8H2,1-4H3,(H,15,20)(H,18,19). The second kappa shape index (κ2) is 7.65. The van der Waals surface area contributed by atoms with E-state index in [1.165, 1.54) is 16.3 Å². The minimum atomic E-state index is -0.883. The summed E-state index contributed by atoms with van der Waals surface area (Å²) in [6.07, 6.45) is 1.81. The molecule has 0 radical (unpaired) electrons. The quantitative estimate of drug-likeness (QED) is 0.468. The molecule has 1 rings (SSSR count). The molecule has 0 amide bonds. The smallest absolute Gasteiger partial charge is 0.343 e. The number of aromatic amines is 1. The molecule has 0 bridgehead atoms. The van der Waals surface area contributed by atoms with Crippen molar-refractivity contribution in [2.75, 3.05) is 5.75 Å². The molecule has 21 heavy (non-hydrogen) atoms. The number of rotatable bonds is 9. The molecule has 1 unspecified atom stereocenters. The Hall–Kier alpha value is -1.28. The van der Waals surface area contributed by atoms with Gasteiger partial charge < -0.3 is 5.11 Å². The maximum atomic E-state index is 11.6. The fraction of sp³-hybridized carbons (Fsp3) is 0.769. The Morgan fingerprint density at radius 1 is 1.57 bits per heavy atom. The van der Waals surface area contributed by atoms with Crippen molar-refractivity contribution < 1.29 is 9.90 Å². The van der Waals surface area contributed by atoms with Gasteiger partial charge in [0.25, 0.3) is 0 Å². The molecule has 0 saturated heterocycles. The Morgan fingerprint density at radius 3 is 2.67 bits per heavy atom. The first-order valence-electron chi connectivity index (χ1n) is 7.07. The van der Waals surface area contributed by atoms with Gasteiger partial charge in [-0.2, -0.15) is 0 Å². The van der Waals surface area contributed by atoms with E-state index in [1.54, 1.807) is 7.05 Å². The summed E-state index contributed by atoms with van der Waals surface area (Å²) in [4.78, 5) is 22.8. The molecule has 120 valence electrons. The molecule has 0 aliphatic rings. The van der Waals surface area contributed by atoms with Gasteiger partial charge in [0.1, 0.15) is 5.54 Å². The van der Waals surface area contributed by atoms with Crippen LogP contribution in [0.5, 0.6) is 0 Å². The third-order valence-corrected chi connectivity index (χ3v) is 4.51. The zero-order valence-corrected chi connectivity index (χ0v) is 13.8. The van der Waals surface area contributed by atoms with Crippen LogP contribution in [-0.2, 0) is 11.8 Å². The molecule has 0 aliphatic carbocycles. The average Bonchev–Trinajstić information content (AvgIpc) is 2.73. The molecule has 3 N–H and O–H groups in total. The number of carbonyl (C=O) groups is 1. The summed E-state index contributed by atoms with van der Waals surface area (Å²) in [5, 5.41) is 19.6. The number of H-pyrrole nitrogens is 1. The number of carboxylic acid groups (broad SMARTS) is 1. The van der Waals surface area contributed by atoms with E-state index in [9.17, 15) is 14.7 Å². The minimum absolute atomic E-state index is 0.112. The fourth-order valence-corrected chi connectivity index (χ4v) is 3.08. The maximum Gasteiger partial charge on any atom is 0.343 e. The van der Waals surface area contributed by atoms with Crippen LogP contribution in [0.15, 0.2) is 9.95 Å².